The number of halogens is 3. The molecule has 1 aliphatic rings. The van der Waals surface area contributed by atoms with E-state index in [0.29, 0.717) is 13.0 Å². The SMILES string of the molecule is CNCC1Cc2cccc(C(F)(F)F)c2N1. The number of hydrogen-bond donors (Lipinski definition) is 2. The third kappa shape index (κ3) is 2.00. The molecule has 2 N–H and O–H groups in total. The average Bonchev–Trinajstić information content (AvgIpc) is 2.58. The predicted molar refractivity (Wildman–Crippen MR) is 56.5 cm³/mol. The molecule has 0 aliphatic carbocycles. The highest BCUT2D eigenvalue weighted by molar-refractivity contribution is 5.63. The fraction of sp³-hybridized carbons (Fsp3) is 0.455. The van der Waals surface area contributed by atoms with E-state index < -0.39 is 11.7 Å². The van der Waals surface area contributed by atoms with E-state index in [1.54, 1.807) is 13.1 Å². The minimum absolute atomic E-state index is 0.0449. The number of hydrogen-bond acceptors (Lipinski definition) is 2. The summed E-state index contributed by atoms with van der Waals surface area (Å²) in [5.74, 6) is 0. The zero-order valence-electron chi connectivity index (χ0n) is 8.86. The lowest BCUT2D eigenvalue weighted by Gasteiger charge is -2.14. The molecule has 0 spiro atoms. The van der Waals surface area contributed by atoms with Gasteiger partial charge in [0.05, 0.1) is 5.56 Å². The van der Waals surface area contributed by atoms with Gasteiger partial charge in [0.2, 0.25) is 0 Å². The first-order valence-electron chi connectivity index (χ1n) is 5.12. The van der Waals surface area contributed by atoms with Gasteiger partial charge in [-0.2, -0.15) is 13.2 Å². The minimum atomic E-state index is -4.28. The Kier molecular flexibility index (Phi) is 2.80. The van der Waals surface area contributed by atoms with Gasteiger partial charge in [0, 0.05) is 18.3 Å². The Morgan fingerprint density at radius 1 is 1.44 bits per heavy atom. The quantitative estimate of drug-likeness (QED) is 0.814. The number of para-hydroxylation sites is 1. The highest BCUT2D eigenvalue weighted by Gasteiger charge is 2.36. The number of rotatable bonds is 2. The van der Waals surface area contributed by atoms with Gasteiger partial charge in [-0.1, -0.05) is 12.1 Å². The summed E-state index contributed by atoms with van der Waals surface area (Å²) in [7, 11) is 1.79. The summed E-state index contributed by atoms with van der Waals surface area (Å²) in [5, 5.41) is 5.89. The van der Waals surface area contributed by atoms with E-state index >= 15 is 0 Å². The number of benzene rings is 1. The van der Waals surface area contributed by atoms with Crippen molar-refractivity contribution in [2.75, 3.05) is 18.9 Å². The molecular weight excluding hydrogens is 217 g/mol. The lowest BCUT2D eigenvalue weighted by molar-refractivity contribution is -0.136. The van der Waals surface area contributed by atoms with Crippen molar-refractivity contribution in [3.8, 4) is 0 Å². The van der Waals surface area contributed by atoms with E-state index in [-0.39, 0.29) is 11.7 Å². The fourth-order valence-electron chi connectivity index (χ4n) is 2.07. The van der Waals surface area contributed by atoms with E-state index in [0.717, 1.165) is 11.6 Å². The van der Waals surface area contributed by atoms with Crippen LogP contribution in [0.1, 0.15) is 11.1 Å². The summed E-state index contributed by atoms with van der Waals surface area (Å²) in [6.45, 7) is 0.659. The topological polar surface area (TPSA) is 24.1 Å². The molecule has 2 rings (SSSR count). The standard InChI is InChI=1S/C11H13F3N2/c1-15-6-8-5-7-3-2-4-9(10(7)16-8)11(12,13)14/h2-4,8,15-16H,5-6H2,1H3. The smallest absolute Gasteiger partial charge is 0.380 e. The van der Waals surface area contributed by atoms with Crippen molar-refractivity contribution in [3.63, 3.8) is 0 Å². The van der Waals surface area contributed by atoms with E-state index in [9.17, 15) is 13.2 Å². The van der Waals surface area contributed by atoms with Crippen LogP contribution in [0.3, 0.4) is 0 Å². The zero-order chi connectivity index (χ0) is 11.8. The summed E-state index contributed by atoms with van der Waals surface area (Å²) in [4.78, 5) is 0. The monoisotopic (exact) mass is 230 g/mol. The third-order valence-electron chi connectivity index (χ3n) is 2.72. The minimum Gasteiger partial charge on any atom is -0.380 e. The summed E-state index contributed by atoms with van der Waals surface area (Å²) >= 11 is 0. The Hall–Kier alpha value is -1.23. The second kappa shape index (κ2) is 3.97. The highest BCUT2D eigenvalue weighted by atomic mass is 19.4. The first-order valence-corrected chi connectivity index (χ1v) is 5.12. The molecule has 0 amide bonds. The molecule has 16 heavy (non-hydrogen) atoms. The van der Waals surface area contributed by atoms with E-state index in [1.807, 2.05) is 0 Å². The molecule has 1 unspecified atom stereocenters. The number of fused-ring (bicyclic) bond motifs is 1. The molecule has 1 atom stereocenters. The number of likely N-dealkylation sites (N-methyl/N-ethyl adjacent to an activating group) is 1. The molecule has 5 heteroatoms. The molecule has 88 valence electrons. The van der Waals surface area contributed by atoms with Gasteiger partial charge in [-0.25, -0.2) is 0 Å². The van der Waals surface area contributed by atoms with Crippen LogP contribution in [0.25, 0.3) is 0 Å². The third-order valence-corrected chi connectivity index (χ3v) is 2.72. The Balaban J connectivity index is 2.31. The summed E-state index contributed by atoms with van der Waals surface area (Å²) in [5.41, 5.74) is 0.425. The van der Waals surface area contributed by atoms with E-state index in [4.69, 9.17) is 0 Å². The van der Waals surface area contributed by atoms with Crippen LogP contribution in [0.2, 0.25) is 0 Å². The molecule has 1 aliphatic heterocycles. The van der Waals surface area contributed by atoms with Gasteiger partial charge in [-0.05, 0) is 25.1 Å². The Morgan fingerprint density at radius 3 is 2.81 bits per heavy atom. The largest absolute Gasteiger partial charge is 0.418 e. The molecule has 0 bridgehead atoms. The van der Waals surface area contributed by atoms with Gasteiger partial charge < -0.3 is 10.6 Å². The molecule has 2 nitrogen and oxygen atoms in total. The van der Waals surface area contributed by atoms with Crippen LogP contribution in [0, 0.1) is 0 Å². The maximum Gasteiger partial charge on any atom is 0.418 e. The summed E-state index contributed by atoms with van der Waals surface area (Å²) < 4.78 is 38.1. The first-order chi connectivity index (χ1) is 7.52. The van der Waals surface area contributed by atoms with Gasteiger partial charge >= 0.3 is 6.18 Å². The fourth-order valence-corrected chi connectivity index (χ4v) is 2.07. The summed E-state index contributed by atoms with van der Waals surface area (Å²) in [6, 6.07) is 4.37. The Bertz CT molecular complexity index is 387. The van der Waals surface area contributed by atoms with Crippen molar-refractivity contribution in [2.24, 2.45) is 0 Å². The van der Waals surface area contributed by atoms with Gasteiger partial charge in [-0.3, -0.25) is 0 Å². The summed E-state index contributed by atoms with van der Waals surface area (Å²) in [6.07, 6.45) is -3.65. The van der Waals surface area contributed by atoms with Crippen LogP contribution in [0.4, 0.5) is 18.9 Å². The molecule has 0 saturated heterocycles. The highest BCUT2D eigenvalue weighted by Crippen LogP contribution is 2.39. The van der Waals surface area contributed by atoms with Crippen molar-refractivity contribution in [3.05, 3.63) is 29.3 Å². The molecule has 0 aromatic heterocycles. The normalized spacial score (nSPS) is 19.4. The number of anilines is 1. The average molecular weight is 230 g/mol. The Labute approximate surface area is 91.8 Å². The van der Waals surface area contributed by atoms with Crippen molar-refractivity contribution < 1.29 is 13.2 Å². The van der Waals surface area contributed by atoms with E-state index in [1.165, 1.54) is 6.07 Å². The van der Waals surface area contributed by atoms with Crippen molar-refractivity contribution in [1.82, 2.24) is 5.32 Å². The Morgan fingerprint density at radius 2 is 2.19 bits per heavy atom. The molecule has 0 fully saturated rings. The first kappa shape index (κ1) is 11.3. The maximum absolute atomic E-state index is 12.7. The number of nitrogens with one attached hydrogen (secondary N) is 2. The van der Waals surface area contributed by atoms with Crippen LogP contribution in [-0.4, -0.2) is 19.6 Å². The van der Waals surface area contributed by atoms with Crippen molar-refractivity contribution in [2.45, 2.75) is 18.6 Å². The van der Waals surface area contributed by atoms with Crippen molar-refractivity contribution in [1.29, 1.82) is 0 Å². The molecule has 0 radical (unpaired) electrons. The molecule has 1 aromatic carbocycles. The van der Waals surface area contributed by atoms with Crippen molar-refractivity contribution >= 4 is 5.69 Å². The van der Waals surface area contributed by atoms with Gasteiger partial charge in [0.25, 0.3) is 0 Å². The van der Waals surface area contributed by atoms with Gasteiger partial charge in [0.15, 0.2) is 0 Å². The second-order valence-corrected chi connectivity index (χ2v) is 3.94. The van der Waals surface area contributed by atoms with Gasteiger partial charge in [-0.15, -0.1) is 0 Å². The molecule has 1 aromatic rings. The van der Waals surface area contributed by atoms with Gasteiger partial charge in [0.1, 0.15) is 0 Å². The van der Waals surface area contributed by atoms with Crippen LogP contribution >= 0.6 is 0 Å². The van der Waals surface area contributed by atoms with Crippen LogP contribution in [-0.2, 0) is 12.6 Å². The number of alkyl halides is 3. The van der Waals surface area contributed by atoms with Crippen LogP contribution < -0.4 is 10.6 Å². The van der Waals surface area contributed by atoms with Crippen LogP contribution in [0.5, 0.6) is 0 Å². The van der Waals surface area contributed by atoms with E-state index in [2.05, 4.69) is 10.6 Å². The van der Waals surface area contributed by atoms with Crippen LogP contribution in [0.15, 0.2) is 18.2 Å². The lowest BCUT2D eigenvalue weighted by atomic mass is 10.1. The maximum atomic E-state index is 12.7. The molecule has 0 saturated carbocycles. The zero-order valence-corrected chi connectivity index (χ0v) is 8.86. The molecular formula is C11H13F3N2. The molecule has 1 heterocycles. The predicted octanol–water partition coefficient (Wildman–Crippen LogP) is 2.26. The lowest BCUT2D eigenvalue weighted by Crippen LogP contribution is -2.29. The second-order valence-electron chi connectivity index (χ2n) is 3.94.